The van der Waals surface area contributed by atoms with Crippen molar-refractivity contribution >= 4 is 9.84 Å². The number of sulfone groups is 1. The van der Waals surface area contributed by atoms with E-state index < -0.39 is 9.84 Å². The van der Waals surface area contributed by atoms with Crippen molar-refractivity contribution in [2.24, 2.45) is 11.8 Å². The van der Waals surface area contributed by atoms with Gasteiger partial charge in [0.05, 0.1) is 11.0 Å². The Kier molecular flexibility index (Phi) is 6.75. The second-order valence-corrected chi connectivity index (χ2v) is 11.0. The molecule has 1 aliphatic rings. The van der Waals surface area contributed by atoms with Gasteiger partial charge in [0.1, 0.15) is 0 Å². The molecule has 0 atom stereocenters. The molecule has 0 spiro atoms. The van der Waals surface area contributed by atoms with Gasteiger partial charge in [-0.15, -0.1) is 0 Å². The van der Waals surface area contributed by atoms with Crippen molar-refractivity contribution in [2.75, 3.05) is 5.75 Å². The molecule has 3 rings (SSSR count). The Balaban J connectivity index is 1.45. The molecular formula is C24H32O2S. The lowest BCUT2D eigenvalue weighted by molar-refractivity contribution is 0.278. The van der Waals surface area contributed by atoms with E-state index in [1.807, 2.05) is 6.07 Å². The molecule has 0 radical (unpaired) electrons. The van der Waals surface area contributed by atoms with Crippen LogP contribution in [0.5, 0.6) is 0 Å². The van der Waals surface area contributed by atoms with Crippen molar-refractivity contribution in [1.29, 1.82) is 0 Å². The van der Waals surface area contributed by atoms with Crippen LogP contribution in [-0.2, 0) is 16.3 Å². The van der Waals surface area contributed by atoms with Crippen LogP contribution in [0.3, 0.4) is 0 Å². The maximum atomic E-state index is 12.1. The molecule has 0 amide bonds. The molecule has 0 heterocycles. The Morgan fingerprint density at radius 1 is 0.815 bits per heavy atom. The predicted molar refractivity (Wildman–Crippen MR) is 115 cm³/mol. The van der Waals surface area contributed by atoms with Gasteiger partial charge < -0.3 is 0 Å². The number of rotatable bonds is 7. The molecule has 2 aromatic carbocycles. The molecule has 3 heteroatoms. The molecule has 2 aromatic rings. The maximum absolute atomic E-state index is 12.1. The third kappa shape index (κ3) is 5.68. The molecular weight excluding hydrogens is 352 g/mol. The summed E-state index contributed by atoms with van der Waals surface area (Å²) in [6.07, 6.45) is 6.84. The highest BCUT2D eigenvalue weighted by molar-refractivity contribution is 7.91. The fourth-order valence-electron chi connectivity index (χ4n) is 4.07. The van der Waals surface area contributed by atoms with E-state index in [2.05, 4.69) is 48.5 Å². The Hall–Kier alpha value is -1.61. The first-order chi connectivity index (χ1) is 12.9. The lowest BCUT2D eigenvalue weighted by Crippen LogP contribution is -2.26. The molecule has 2 nitrogen and oxygen atoms in total. The molecule has 1 aliphatic carbocycles. The summed E-state index contributed by atoms with van der Waals surface area (Å²) in [4.78, 5) is 0. The zero-order chi connectivity index (χ0) is 19.3. The zero-order valence-corrected chi connectivity index (χ0v) is 17.4. The lowest BCUT2D eigenvalue weighted by Gasteiger charge is -2.28. The molecule has 0 aliphatic heterocycles. The van der Waals surface area contributed by atoms with E-state index in [0.717, 1.165) is 25.2 Å². The fraction of sp³-hybridized carbons (Fsp3) is 0.500. The van der Waals surface area contributed by atoms with Crippen LogP contribution in [0.4, 0.5) is 0 Å². The van der Waals surface area contributed by atoms with Crippen molar-refractivity contribution in [1.82, 2.24) is 0 Å². The molecule has 146 valence electrons. The molecule has 0 bridgehead atoms. The van der Waals surface area contributed by atoms with E-state index in [1.165, 1.54) is 36.0 Å². The monoisotopic (exact) mass is 384 g/mol. The van der Waals surface area contributed by atoms with Gasteiger partial charge >= 0.3 is 0 Å². The summed E-state index contributed by atoms with van der Waals surface area (Å²) >= 11 is 0. The van der Waals surface area contributed by atoms with Crippen LogP contribution < -0.4 is 0 Å². The first kappa shape index (κ1) is 20.1. The van der Waals surface area contributed by atoms with Crippen LogP contribution >= 0.6 is 0 Å². The quantitative estimate of drug-likeness (QED) is 0.594. The van der Waals surface area contributed by atoms with Gasteiger partial charge in [0.25, 0.3) is 0 Å². The summed E-state index contributed by atoms with van der Waals surface area (Å²) in [5, 5.41) is -0.242. The zero-order valence-electron chi connectivity index (χ0n) is 16.6. The summed E-state index contributed by atoms with van der Waals surface area (Å²) < 4.78 is 24.2. The number of hydrogen-bond donors (Lipinski definition) is 0. The minimum Gasteiger partial charge on any atom is -0.229 e. The van der Waals surface area contributed by atoms with Crippen LogP contribution in [0.25, 0.3) is 11.1 Å². The van der Waals surface area contributed by atoms with Crippen molar-refractivity contribution in [2.45, 2.75) is 57.6 Å². The first-order valence-electron chi connectivity index (χ1n) is 10.3. The largest absolute Gasteiger partial charge is 0.229 e. The van der Waals surface area contributed by atoms with Crippen molar-refractivity contribution in [3.63, 3.8) is 0 Å². The lowest BCUT2D eigenvalue weighted by atomic mass is 9.80. The second kappa shape index (κ2) is 9.05. The van der Waals surface area contributed by atoms with Gasteiger partial charge in [0.15, 0.2) is 9.84 Å². The van der Waals surface area contributed by atoms with Crippen molar-refractivity contribution in [3.05, 3.63) is 60.2 Å². The molecule has 1 fully saturated rings. The Labute approximate surface area is 164 Å². The maximum Gasteiger partial charge on any atom is 0.152 e. The highest BCUT2D eigenvalue weighted by Crippen LogP contribution is 2.33. The SMILES string of the molecule is CC(C)S(=O)(=O)CC1CCC(CCc2ccc(-c3ccccc3)cc2)CC1. The molecule has 0 unspecified atom stereocenters. The third-order valence-corrected chi connectivity index (χ3v) is 8.43. The van der Waals surface area contributed by atoms with Gasteiger partial charge in [-0.1, -0.05) is 67.4 Å². The standard InChI is InChI=1S/C24H32O2S/c1-19(2)27(25,26)18-22-12-10-20(11-13-22)8-9-21-14-16-24(17-15-21)23-6-4-3-5-7-23/h3-7,14-17,19-20,22H,8-13,18H2,1-2H3. The minimum atomic E-state index is -2.90. The average Bonchev–Trinajstić information content (AvgIpc) is 2.68. The smallest absolute Gasteiger partial charge is 0.152 e. The molecule has 1 saturated carbocycles. The summed E-state index contributed by atoms with van der Waals surface area (Å²) in [5.74, 6) is 1.51. The Morgan fingerprint density at radius 3 is 1.96 bits per heavy atom. The number of hydrogen-bond acceptors (Lipinski definition) is 2. The summed E-state index contributed by atoms with van der Waals surface area (Å²) in [6.45, 7) is 3.59. The van der Waals surface area contributed by atoms with E-state index >= 15 is 0 Å². The van der Waals surface area contributed by atoms with Crippen LogP contribution in [-0.4, -0.2) is 19.4 Å². The van der Waals surface area contributed by atoms with E-state index in [9.17, 15) is 8.42 Å². The van der Waals surface area contributed by atoms with Gasteiger partial charge in [-0.25, -0.2) is 8.42 Å². The summed E-state index contributed by atoms with van der Waals surface area (Å²) in [5.41, 5.74) is 3.93. The fourth-order valence-corrected chi connectivity index (χ4v) is 5.45. The molecule has 0 N–H and O–H groups in total. The minimum absolute atomic E-state index is 0.242. The number of aryl methyl sites for hydroxylation is 1. The van der Waals surface area contributed by atoms with Gasteiger partial charge in [-0.3, -0.25) is 0 Å². The topological polar surface area (TPSA) is 34.1 Å². The Morgan fingerprint density at radius 2 is 1.37 bits per heavy atom. The highest BCUT2D eigenvalue weighted by Gasteiger charge is 2.27. The van der Waals surface area contributed by atoms with Crippen LogP contribution in [0.15, 0.2) is 54.6 Å². The second-order valence-electron chi connectivity index (χ2n) is 8.37. The molecule has 0 saturated heterocycles. The third-order valence-electron chi connectivity index (χ3n) is 6.05. The summed E-state index contributed by atoms with van der Waals surface area (Å²) in [7, 11) is -2.90. The van der Waals surface area contributed by atoms with E-state index in [-0.39, 0.29) is 5.25 Å². The van der Waals surface area contributed by atoms with E-state index in [1.54, 1.807) is 13.8 Å². The van der Waals surface area contributed by atoms with Gasteiger partial charge in [-0.05, 0) is 68.1 Å². The number of benzene rings is 2. The van der Waals surface area contributed by atoms with Crippen molar-refractivity contribution in [3.8, 4) is 11.1 Å². The van der Waals surface area contributed by atoms with Crippen molar-refractivity contribution < 1.29 is 8.42 Å². The van der Waals surface area contributed by atoms with Crippen LogP contribution in [0.1, 0.15) is 51.5 Å². The van der Waals surface area contributed by atoms with Crippen LogP contribution in [0, 0.1) is 11.8 Å². The average molecular weight is 385 g/mol. The highest BCUT2D eigenvalue weighted by atomic mass is 32.2. The first-order valence-corrected chi connectivity index (χ1v) is 12.0. The van der Waals surface area contributed by atoms with Gasteiger partial charge in [0.2, 0.25) is 0 Å². The van der Waals surface area contributed by atoms with E-state index in [4.69, 9.17) is 0 Å². The predicted octanol–water partition coefficient (Wildman–Crippen LogP) is 5.92. The van der Waals surface area contributed by atoms with Gasteiger partial charge in [-0.2, -0.15) is 0 Å². The molecule has 0 aromatic heterocycles. The van der Waals surface area contributed by atoms with Gasteiger partial charge in [0, 0.05) is 0 Å². The van der Waals surface area contributed by atoms with Crippen LogP contribution in [0.2, 0.25) is 0 Å². The Bertz CT molecular complexity index is 799. The normalized spacial score (nSPS) is 20.7. The summed E-state index contributed by atoms with van der Waals surface area (Å²) in [6, 6.07) is 19.4. The van der Waals surface area contributed by atoms with E-state index in [0.29, 0.717) is 11.7 Å². The molecule has 27 heavy (non-hydrogen) atoms.